The molecular weight excluding hydrogens is 553 g/mol. The van der Waals surface area contributed by atoms with Crippen molar-refractivity contribution in [3.05, 3.63) is 64.6 Å². The summed E-state index contributed by atoms with van der Waals surface area (Å²) in [6.45, 7) is 3.98. The third kappa shape index (κ3) is 6.32. The number of nitrogens with two attached hydrogens (primary N) is 2. The molecule has 0 radical (unpaired) electrons. The first kappa shape index (κ1) is 28.1. The Morgan fingerprint density at radius 1 is 1.25 bits per heavy atom. The number of rotatable bonds is 7. The maximum Gasteiger partial charge on any atom is 0.234 e. The van der Waals surface area contributed by atoms with Crippen molar-refractivity contribution in [2.75, 3.05) is 29.0 Å². The summed E-state index contributed by atoms with van der Waals surface area (Å²) in [7, 11) is 0. The number of hydrogen-bond donors (Lipinski definition) is 4. The van der Waals surface area contributed by atoms with Crippen molar-refractivity contribution >= 4 is 52.5 Å². The number of imide groups is 1. The number of hydrogen-bond acceptors (Lipinski definition) is 9. The Morgan fingerprint density at radius 3 is 2.73 bits per heavy atom. The van der Waals surface area contributed by atoms with Gasteiger partial charge < -0.3 is 21.7 Å². The summed E-state index contributed by atoms with van der Waals surface area (Å²) in [6.07, 6.45) is 3.96. The lowest BCUT2D eigenvalue weighted by Crippen LogP contribution is -2.48. The quantitative estimate of drug-likeness (QED) is 0.297. The molecule has 3 aromatic rings. The maximum atomic E-state index is 14.9. The third-order valence-electron chi connectivity index (χ3n) is 7.31. The van der Waals surface area contributed by atoms with E-state index >= 15 is 0 Å². The molecule has 3 heterocycles. The Morgan fingerprint density at radius 2 is 2.02 bits per heavy atom. The van der Waals surface area contributed by atoms with Gasteiger partial charge in [-0.25, -0.2) is 14.4 Å². The van der Waals surface area contributed by atoms with Crippen LogP contribution >= 0.6 is 23.4 Å². The number of benzene rings is 2. The summed E-state index contributed by atoms with van der Waals surface area (Å²) in [4.78, 5) is 35.6. The number of amides is 2. The molecule has 2 fully saturated rings. The highest BCUT2D eigenvalue weighted by Crippen LogP contribution is 2.39. The van der Waals surface area contributed by atoms with Crippen molar-refractivity contribution in [3.8, 4) is 0 Å². The van der Waals surface area contributed by atoms with E-state index in [9.17, 15) is 14.0 Å². The van der Waals surface area contributed by atoms with E-state index in [1.54, 1.807) is 18.3 Å². The van der Waals surface area contributed by atoms with Gasteiger partial charge in [0.15, 0.2) is 5.82 Å². The number of carbonyl (C=O) groups is 2. The van der Waals surface area contributed by atoms with Crippen molar-refractivity contribution in [2.24, 2.45) is 5.73 Å². The number of carbonyl (C=O) groups excluding carboxylic acids is 2. The zero-order valence-corrected chi connectivity index (χ0v) is 23.6. The van der Waals surface area contributed by atoms with E-state index in [-0.39, 0.29) is 23.4 Å². The summed E-state index contributed by atoms with van der Waals surface area (Å²) in [6, 6.07) is 10.3. The molecule has 0 spiro atoms. The van der Waals surface area contributed by atoms with E-state index in [4.69, 9.17) is 23.1 Å². The second kappa shape index (κ2) is 11.6. The molecule has 9 nitrogen and oxygen atoms in total. The third-order valence-corrected chi connectivity index (χ3v) is 8.90. The molecule has 6 N–H and O–H groups in total. The van der Waals surface area contributed by atoms with Gasteiger partial charge in [-0.2, -0.15) is 0 Å². The van der Waals surface area contributed by atoms with Crippen molar-refractivity contribution in [3.63, 3.8) is 0 Å². The molecule has 1 unspecified atom stereocenters. The number of nitrogens with one attached hydrogen (secondary N) is 2. The highest BCUT2D eigenvalue weighted by Gasteiger charge is 2.30. The van der Waals surface area contributed by atoms with Gasteiger partial charge >= 0.3 is 0 Å². The highest BCUT2D eigenvalue weighted by molar-refractivity contribution is 7.99. The van der Waals surface area contributed by atoms with Crippen LogP contribution in [0.5, 0.6) is 0 Å². The second-order valence-electron chi connectivity index (χ2n) is 10.5. The van der Waals surface area contributed by atoms with E-state index < -0.39 is 17.6 Å². The Kier molecular flexibility index (Phi) is 8.16. The number of piperidine rings is 2. The predicted molar refractivity (Wildman–Crippen MR) is 155 cm³/mol. The van der Waals surface area contributed by atoms with Gasteiger partial charge in [0.2, 0.25) is 11.8 Å². The van der Waals surface area contributed by atoms with Crippen LogP contribution in [-0.2, 0) is 16.1 Å². The minimum absolute atomic E-state index is 0.158. The van der Waals surface area contributed by atoms with Crippen LogP contribution in [0.2, 0.25) is 5.02 Å². The summed E-state index contributed by atoms with van der Waals surface area (Å²) >= 11 is 8.03. The molecule has 2 amide bonds. The van der Waals surface area contributed by atoms with Gasteiger partial charge in [-0.15, -0.1) is 0 Å². The van der Waals surface area contributed by atoms with Crippen LogP contribution in [0.3, 0.4) is 0 Å². The average Bonchev–Trinajstić information content (AvgIpc) is 2.91. The Balaban J connectivity index is 1.23. The monoisotopic (exact) mass is 583 g/mol. The molecule has 5 rings (SSSR count). The number of nitrogens with zero attached hydrogens (tertiary/aromatic N) is 3. The van der Waals surface area contributed by atoms with Crippen molar-refractivity contribution in [1.82, 2.24) is 15.3 Å². The van der Waals surface area contributed by atoms with E-state index in [0.717, 1.165) is 36.6 Å². The first-order chi connectivity index (χ1) is 19.1. The Hall–Kier alpha value is -3.41. The minimum atomic E-state index is -0.672. The van der Waals surface area contributed by atoms with Crippen LogP contribution < -0.4 is 27.0 Å². The number of halogens is 2. The van der Waals surface area contributed by atoms with Crippen LogP contribution in [0.25, 0.3) is 0 Å². The lowest BCUT2D eigenvalue weighted by molar-refractivity contribution is -0.134. The van der Waals surface area contributed by atoms with Crippen LogP contribution in [0.4, 0.5) is 21.7 Å². The summed E-state index contributed by atoms with van der Waals surface area (Å²) < 4.78 is 14.9. The molecule has 40 heavy (non-hydrogen) atoms. The lowest BCUT2D eigenvalue weighted by Gasteiger charge is -2.37. The average molecular weight is 584 g/mol. The van der Waals surface area contributed by atoms with E-state index in [2.05, 4.69) is 32.4 Å². The van der Waals surface area contributed by atoms with Gasteiger partial charge in [0.1, 0.15) is 16.7 Å². The van der Waals surface area contributed by atoms with Crippen molar-refractivity contribution < 1.29 is 14.0 Å². The molecule has 2 aliphatic heterocycles. The van der Waals surface area contributed by atoms with Crippen molar-refractivity contribution in [1.29, 1.82) is 0 Å². The first-order valence-corrected chi connectivity index (χ1v) is 14.3. The zero-order chi connectivity index (χ0) is 28.4. The summed E-state index contributed by atoms with van der Waals surface area (Å²) in [5, 5.41) is 6.56. The number of anilines is 3. The Bertz CT molecular complexity index is 1440. The van der Waals surface area contributed by atoms with Gasteiger partial charge in [-0.3, -0.25) is 14.9 Å². The van der Waals surface area contributed by atoms with Gasteiger partial charge in [-0.1, -0.05) is 41.6 Å². The highest BCUT2D eigenvalue weighted by atomic mass is 35.5. The van der Waals surface area contributed by atoms with E-state index in [0.29, 0.717) is 40.1 Å². The van der Waals surface area contributed by atoms with Gasteiger partial charge in [-0.05, 0) is 49.9 Å². The molecule has 2 saturated heterocycles. The minimum Gasteiger partial charge on any atom is -0.381 e. The topological polar surface area (TPSA) is 139 Å². The molecule has 1 atom stereocenters. The maximum absolute atomic E-state index is 14.9. The molecule has 2 aromatic carbocycles. The van der Waals surface area contributed by atoms with Crippen LogP contribution in [0.1, 0.15) is 49.7 Å². The molecular formula is C28H31ClFN7O2S. The van der Waals surface area contributed by atoms with Crippen LogP contribution in [-0.4, -0.2) is 40.4 Å². The van der Waals surface area contributed by atoms with Crippen LogP contribution in [0, 0.1) is 5.82 Å². The van der Waals surface area contributed by atoms with Crippen LogP contribution in [0.15, 0.2) is 52.5 Å². The fourth-order valence-electron chi connectivity index (χ4n) is 4.84. The molecule has 0 saturated carbocycles. The lowest BCUT2D eigenvalue weighted by atomic mass is 9.89. The van der Waals surface area contributed by atoms with Crippen molar-refractivity contribution in [2.45, 2.75) is 60.5 Å². The molecule has 2 aliphatic rings. The normalized spacial score (nSPS) is 18.9. The van der Waals surface area contributed by atoms with Gasteiger partial charge in [0.25, 0.3) is 0 Å². The van der Waals surface area contributed by atoms with E-state index in [1.807, 2.05) is 18.2 Å². The van der Waals surface area contributed by atoms with Gasteiger partial charge in [0.05, 0.1) is 22.8 Å². The van der Waals surface area contributed by atoms with E-state index in [1.165, 1.54) is 17.8 Å². The summed E-state index contributed by atoms with van der Waals surface area (Å²) in [5.74, 6) is -0.895. The fraction of sp³-hybridized carbons (Fsp3) is 0.357. The molecule has 0 bridgehead atoms. The molecule has 210 valence electrons. The number of aromatic nitrogens is 2. The molecule has 12 heteroatoms. The first-order valence-electron chi connectivity index (χ1n) is 13.1. The largest absolute Gasteiger partial charge is 0.381 e. The Labute approximate surface area is 241 Å². The molecule has 0 aliphatic carbocycles. The molecule has 1 aromatic heterocycles. The van der Waals surface area contributed by atoms with Gasteiger partial charge in [0, 0.05) is 42.1 Å². The fourth-order valence-corrected chi connectivity index (χ4v) is 5.96. The SMILES string of the molecule is CC1(N)CCN(c2cnc(Sc3cccc(NCc4ccc(C5CCC(=O)NC5=O)c(F)c4)c3Cl)c(N)n2)CC1. The standard InChI is InChI=1S/C28H31ClFN7O2S/c1-28(32)9-11-37(12-10-28)22-15-34-27(25(31)35-22)40-21-4-2-3-20(24(21)29)33-14-16-5-6-17(19(30)13-16)18-7-8-23(38)36-26(18)39/h2-6,13,15,18,33H,7-12,14,32H2,1H3,(H2,31,35)(H,36,38,39). The predicted octanol–water partition coefficient (Wildman–Crippen LogP) is 4.45. The summed E-state index contributed by atoms with van der Waals surface area (Å²) in [5.41, 5.74) is 14.0. The smallest absolute Gasteiger partial charge is 0.234 e. The number of nitrogen functional groups attached to an aromatic ring is 1. The zero-order valence-electron chi connectivity index (χ0n) is 22.0. The second-order valence-corrected chi connectivity index (χ2v) is 11.9.